The van der Waals surface area contributed by atoms with Gasteiger partial charge >= 0.3 is 6.18 Å². The van der Waals surface area contributed by atoms with Crippen molar-refractivity contribution in [3.8, 4) is 68.0 Å². The number of nitrogens with one attached hydrogen (secondary N) is 2. The standard InChI is InChI=1S/C21H15NO4S.C19H19NO3S.C18H19F3O.C17H14ClNO2S.C16H13ClN2O.C16H13FN2O/c23-20-16-5-1-2-6-17(16)21(24)19-12-15(7-8-18(19)20)27(25,26)11-9-14-4-3-10-22-13-14;1-2-23-18-9-10-19(17-8-4-3-7-16(17)18)24(21,22)13-11-15-6-5-12-20-14-15;1-22-17-13-7-5-11-15(17)10-3-2-8-14-9-4-6-12-16(14)18(19,20)21;18-16-7-8-17(15-6-2-1-5-14(15)16)22(20,21)11-9-13-4-3-10-19-12-13;1-10-6-7-12(16(20)8-10)15-9-14(18-19-15)11-4-2-3-5-13(11)17;1-10-5-6-13(16(20)7-10)15-9-14(18-19-15)11-3-2-4-12(17)8-11/h1-8,10,12-13H,9,11H2;3-10,12,14H,2,11,13H2,1H3;4-7,9,11-13H,2-3,8,10H2,1H3;1-8,10,12H,9,11H2;2*2-9,20H,1H3,(H,18,19). The quantitative estimate of drug-likeness (QED) is 0.0323. The Kier molecular flexibility index (Phi) is 33.1. The monoisotopic (exact) mass is 1910 g/mol. The van der Waals surface area contributed by atoms with Crippen molar-refractivity contribution < 1.29 is 72.1 Å². The Hall–Kier alpha value is -14.3. The maximum Gasteiger partial charge on any atom is 0.416 e. The van der Waals surface area contributed by atoms with Crippen LogP contribution in [0.15, 0.2) is 349 Å². The van der Waals surface area contributed by atoms with Gasteiger partial charge in [0.2, 0.25) is 0 Å². The van der Waals surface area contributed by atoms with E-state index >= 15 is 0 Å². The topological polar surface area (TPSA) is 292 Å². The number of methoxy groups -OCH3 is 1. The minimum atomic E-state index is -4.28. The molecule has 0 saturated heterocycles. The van der Waals surface area contributed by atoms with Gasteiger partial charge in [0, 0.05) is 113 Å². The first-order chi connectivity index (χ1) is 65.0. The lowest BCUT2D eigenvalue weighted by Crippen LogP contribution is -2.21. The van der Waals surface area contributed by atoms with Crippen LogP contribution in [0.25, 0.3) is 66.6 Å². The Morgan fingerprint density at radius 3 is 1.42 bits per heavy atom. The van der Waals surface area contributed by atoms with Gasteiger partial charge in [0.1, 0.15) is 28.8 Å². The van der Waals surface area contributed by atoms with E-state index in [0.29, 0.717) is 126 Å². The molecule has 12 aromatic carbocycles. The molecule has 17 aromatic rings. The summed E-state index contributed by atoms with van der Waals surface area (Å²) in [7, 11) is -8.77. The Bertz CT molecular complexity index is 7410. The number of phenolic OH excluding ortho intramolecular Hbond substituents is 2. The number of aromatic amines is 2. The highest BCUT2D eigenvalue weighted by Crippen LogP contribution is 2.39. The number of carbonyl (C=O) groups is 2. The summed E-state index contributed by atoms with van der Waals surface area (Å²) in [6.07, 6.45) is 9.70. The van der Waals surface area contributed by atoms with Crippen LogP contribution in [-0.4, -0.2) is 113 Å². The number of alkyl halides is 3. The molecule has 1 aliphatic rings. The number of ketones is 2. The molecular formula is C107H93Cl2F4N7O12S3. The van der Waals surface area contributed by atoms with Crippen LogP contribution in [0.4, 0.5) is 17.6 Å². The SMILES string of the molecule is CCOc1ccc(S(=O)(=O)CCc2cccnc2)c2ccccc12.COc1ccccc1CCCCc1ccccc1C(F)(F)F.Cc1ccc(-c2cc(-c3cccc(F)c3)n[nH]2)c(O)c1.Cc1ccc(-c2cc(-c3ccccc3Cl)[nH]n2)c(O)c1.O=C1c2ccccc2C(=O)c2cc(S(=O)(=O)CCc3cccnc3)ccc21.O=S(=O)(CCc1cccnc1)c1ccc(Cl)c2ccccc12. The summed E-state index contributed by atoms with van der Waals surface area (Å²) >= 11 is 12.3. The number of hydrogen-bond donors (Lipinski definition) is 4. The molecule has 0 aliphatic heterocycles. The maximum absolute atomic E-state index is 13.2. The van der Waals surface area contributed by atoms with E-state index in [1.54, 1.807) is 153 Å². The minimum Gasteiger partial charge on any atom is -0.507 e. The Morgan fingerprint density at radius 2 is 0.867 bits per heavy atom. The van der Waals surface area contributed by atoms with Crippen molar-refractivity contribution in [3.63, 3.8) is 0 Å². The van der Waals surface area contributed by atoms with Crippen molar-refractivity contribution in [1.82, 2.24) is 35.3 Å². The number of halogens is 6. The normalized spacial score (nSPS) is 11.6. The Balaban J connectivity index is 0.000000138. The molecule has 0 saturated carbocycles. The summed E-state index contributed by atoms with van der Waals surface area (Å²) in [5, 5.41) is 38.4. The van der Waals surface area contributed by atoms with E-state index in [2.05, 4.69) is 35.3 Å². The van der Waals surface area contributed by atoms with Crippen LogP contribution in [0.5, 0.6) is 23.0 Å². The molecule has 0 unspecified atom stereocenters. The Morgan fingerprint density at radius 1 is 0.400 bits per heavy atom. The van der Waals surface area contributed by atoms with Crippen LogP contribution >= 0.6 is 23.2 Å². The fourth-order valence-corrected chi connectivity index (χ4v) is 19.9. The number of aromatic nitrogens is 7. The number of hydrogen-bond acceptors (Lipinski definition) is 17. The molecule has 1 aliphatic carbocycles. The van der Waals surface area contributed by atoms with Gasteiger partial charge in [-0.3, -0.25) is 34.7 Å². The van der Waals surface area contributed by atoms with Crippen LogP contribution in [0.1, 0.15) is 96.1 Å². The van der Waals surface area contributed by atoms with Gasteiger partial charge in [0.05, 0.1) is 74.0 Å². The van der Waals surface area contributed by atoms with E-state index < -0.39 is 41.3 Å². The third kappa shape index (κ3) is 25.6. The number of carbonyl (C=O) groups excluding carboxylic acids is 2. The summed E-state index contributed by atoms with van der Waals surface area (Å²) in [5.74, 6) is 1.06. The largest absolute Gasteiger partial charge is 0.507 e. The van der Waals surface area contributed by atoms with Gasteiger partial charge in [-0.2, -0.15) is 23.4 Å². The van der Waals surface area contributed by atoms with E-state index in [1.165, 1.54) is 36.4 Å². The highest BCUT2D eigenvalue weighted by atomic mass is 35.5. The summed E-state index contributed by atoms with van der Waals surface area (Å²) in [5.41, 5.74) is 12.4. The molecule has 0 amide bonds. The van der Waals surface area contributed by atoms with Crippen LogP contribution in [0.3, 0.4) is 0 Å². The van der Waals surface area contributed by atoms with Gasteiger partial charge in [-0.25, -0.2) is 29.6 Å². The number of pyridine rings is 3. The number of unbranched alkanes of at least 4 members (excludes halogenated alkanes) is 1. The van der Waals surface area contributed by atoms with E-state index in [0.717, 1.165) is 80.1 Å². The zero-order valence-corrected chi connectivity index (χ0v) is 77.7. The number of benzene rings is 12. The molecule has 28 heteroatoms. The molecule has 5 heterocycles. The van der Waals surface area contributed by atoms with Crippen molar-refractivity contribution >= 4 is 85.8 Å². The number of rotatable bonds is 24. The van der Waals surface area contributed by atoms with E-state index in [9.17, 15) is 62.6 Å². The fraction of sp³-hybridized carbons (Fsp3) is 0.150. The second-order valence-electron chi connectivity index (χ2n) is 31.4. The molecule has 18 rings (SSSR count). The molecule has 5 aromatic heterocycles. The van der Waals surface area contributed by atoms with Crippen molar-refractivity contribution in [2.24, 2.45) is 0 Å². The van der Waals surface area contributed by atoms with Crippen molar-refractivity contribution in [3.05, 3.63) is 417 Å². The number of H-pyrrole nitrogens is 2. The molecule has 0 fully saturated rings. The molecule has 135 heavy (non-hydrogen) atoms. The molecular weight excluding hydrogens is 1820 g/mol. The summed E-state index contributed by atoms with van der Waals surface area (Å²) in [4.78, 5) is 38.1. The van der Waals surface area contributed by atoms with E-state index in [-0.39, 0.29) is 62.2 Å². The predicted octanol–water partition coefficient (Wildman–Crippen LogP) is 24.0. The van der Waals surface area contributed by atoms with Gasteiger partial charge in [-0.1, -0.05) is 193 Å². The summed E-state index contributed by atoms with van der Waals surface area (Å²) in [6.45, 7) is 6.29. The number of ether oxygens (including phenoxy) is 2. The zero-order valence-electron chi connectivity index (χ0n) is 73.7. The second kappa shape index (κ2) is 45.4. The van der Waals surface area contributed by atoms with Crippen LogP contribution < -0.4 is 9.47 Å². The van der Waals surface area contributed by atoms with Crippen LogP contribution in [0.2, 0.25) is 10.0 Å². The number of aromatic hydroxyl groups is 2. The third-order valence-corrected chi connectivity index (χ3v) is 27.9. The van der Waals surface area contributed by atoms with Gasteiger partial charge < -0.3 is 19.7 Å². The summed E-state index contributed by atoms with van der Waals surface area (Å²) < 4.78 is 139. The van der Waals surface area contributed by atoms with Crippen molar-refractivity contribution in [2.45, 2.75) is 86.6 Å². The van der Waals surface area contributed by atoms with Gasteiger partial charge in [0.15, 0.2) is 41.1 Å². The van der Waals surface area contributed by atoms with Crippen LogP contribution in [0, 0.1) is 19.7 Å². The second-order valence-corrected chi connectivity index (χ2v) is 38.5. The molecule has 0 bridgehead atoms. The highest BCUT2D eigenvalue weighted by Gasteiger charge is 2.34. The molecule has 4 N–H and O–H groups in total. The first kappa shape index (κ1) is 98.2. The van der Waals surface area contributed by atoms with Gasteiger partial charge in [-0.15, -0.1) is 0 Å². The maximum atomic E-state index is 13.2. The first-order valence-electron chi connectivity index (χ1n) is 42.9. The lowest BCUT2D eigenvalue weighted by molar-refractivity contribution is -0.138. The lowest BCUT2D eigenvalue weighted by atomic mass is 9.84. The molecule has 19 nitrogen and oxygen atoms in total. The fourth-order valence-electron chi connectivity index (χ4n) is 15.1. The number of aryl methyl sites for hydroxylation is 7. The molecule has 0 spiro atoms. The molecule has 688 valence electrons. The zero-order chi connectivity index (χ0) is 95.8. The van der Waals surface area contributed by atoms with E-state index in [4.69, 9.17) is 32.7 Å². The van der Waals surface area contributed by atoms with Gasteiger partial charge in [-0.05, 0) is 232 Å². The molecule has 0 radical (unpaired) electrons. The van der Waals surface area contributed by atoms with Crippen molar-refractivity contribution in [1.29, 1.82) is 0 Å². The van der Waals surface area contributed by atoms with E-state index in [1.807, 2.05) is 166 Å². The predicted molar refractivity (Wildman–Crippen MR) is 522 cm³/mol. The average molecular weight is 1910 g/mol. The summed E-state index contributed by atoms with van der Waals surface area (Å²) in [6, 6.07) is 85.0. The van der Waals surface area contributed by atoms with Gasteiger partial charge in [0.25, 0.3) is 0 Å². The number of sulfone groups is 3. The third-order valence-electron chi connectivity index (χ3n) is 22.0. The Labute approximate surface area is 790 Å². The van der Waals surface area contributed by atoms with Crippen LogP contribution in [-0.2, 0) is 67.8 Å². The van der Waals surface area contributed by atoms with Crippen molar-refractivity contribution in [2.75, 3.05) is 31.0 Å². The minimum absolute atomic E-state index is 0.0460. The number of phenols is 2. The smallest absolute Gasteiger partial charge is 0.416 e. The molecule has 0 atom stereocenters. The lowest BCUT2D eigenvalue weighted by Gasteiger charge is -2.18. The first-order valence-corrected chi connectivity index (χ1v) is 48.7. The number of para-hydroxylation sites is 1. The number of fused-ring (bicyclic) bond motifs is 4. The average Bonchev–Trinajstić information content (AvgIpc) is 1.07. The number of nitrogens with zero attached hydrogens (tertiary/aromatic N) is 5. The highest BCUT2D eigenvalue weighted by molar-refractivity contribution is 7.92.